The summed E-state index contributed by atoms with van der Waals surface area (Å²) in [7, 11) is 0. The van der Waals surface area contributed by atoms with Gasteiger partial charge in [0.2, 0.25) is 5.91 Å². The van der Waals surface area contributed by atoms with Gasteiger partial charge in [-0.15, -0.1) is 0 Å². The van der Waals surface area contributed by atoms with E-state index in [0.717, 1.165) is 19.3 Å². The number of carbonyl (C=O) groups is 2. The second-order valence-corrected chi connectivity index (χ2v) is 7.01. The van der Waals surface area contributed by atoms with Crippen LogP contribution in [0.2, 0.25) is 0 Å². The Kier molecular flexibility index (Phi) is 10.7. The minimum atomic E-state index is -1.10. The molecule has 5 nitrogen and oxygen atoms in total. The minimum absolute atomic E-state index is 0.130. The maximum absolute atomic E-state index is 12.1. The van der Waals surface area contributed by atoms with E-state index >= 15 is 0 Å². The summed E-state index contributed by atoms with van der Waals surface area (Å²) in [4.78, 5) is 24.6. The Labute approximate surface area is 146 Å². The van der Waals surface area contributed by atoms with Crippen molar-refractivity contribution in [2.24, 2.45) is 0 Å². The van der Waals surface area contributed by atoms with Crippen LogP contribution in [0.5, 0.6) is 0 Å². The number of rotatable bonds is 13. The van der Waals surface area contributed by atoms with Gasteiger partial charge in [-0.2, -0.15) is 0 Å². The Hall–Kier alpha value is -1.10. The molecule has 1 saturated heterocycles. The number of unbranched alkanes of at least 4 members (excludes halogenated alkanes) is 10. The molecule has 0 aromatic heterocycles. The van der Waals surface area contributed by atoms with E-state index < -0.39 is 18.1 Å². The molecule has 0 aromatic rings. The average Bonchev–Trinajstić information content (AvgIpc) is 2.94. The number of aliphatic hydroxyl groups excluding tert-OH is 1. The Morgan fingerprint density at radius 3 is 1.92 bits per heavy atom. The highest BCUT2D eigenvalue weighted by Gasteiger charge is 2.40. The lowest BCUT2D eigenvalue weighted by atomic mass is 10.0. The number of nitrogens with zero attached hydrogens (tertiary/aromatic N) is 1. The lowest BCUT2D eigenvalue weighted by molar-refractivity contribution is -0.151. The number of amides is 1. The molecule has 1 fully saturated rings. The van der Waals surface area contributed by atoms with Crippen molar-refractivity contribution in [1.82, 2.24) is 4.90 Å². The summed E-state index contributed by atoms with van der Waals surface area (Å²) >= 11 is 0. The summed E-state index contributed by atoms with van der Waals surface area (Å²) in [5.41, 5.74) is 0. The standard InChI is InChI=1S/C19H35NO4/c1-2-3-4-5-6-7-8-9-10-11-12-13-17(22)20-15-14-16(21)18(20)19(23)24/h16,18,21H,2-15H2,1H3,(H,23,24)/t16-,18+/m1/s1. The second-order valence-electron chi connectivity index (χ2n) is 7.01. The zero-order chi connectivity index (χ0) is 17.8. The smallest absolute Gasteiger partial charge is 0.329 e. The topological polar surface area (TPSA) is 77.8 Å². The number of aliphatic carboxylic acids is 1. The van der Waals surface area contributed by atoms with Crippen LogP contribution < -0.4 is 0 Å². The van der Waals surface area contributed by atoms with Gasteiger partial charge in [-0.25, -0.2) is 4.79 Å². The van der Waals surface area contributed by atoms with Crippen molar-refractivity contribution in [1.29, 1.82) is 0 Å². The van der Waals surface area contributed by atoms with Gasteiger partial charge in [0.1, 0.15) is 0 Å². The molecule has 1 aliphatic heterocycles. The maximum atomic E-state index is 12.1. The molecule has 0 bridgehead atoms. The average molecular weight is 341 g/mol. The van der Waals surface area contributed by atoms with Crippen molar-refractivity contribution in [3.05, 3.63) is 0 Å². The van der Waals surface area contributed by atoms with Crippen LogP contribution in [0, 0.1) is 0 Å². The second kappa shape index (κ2) is 12.3. The van der Waals surface area contributed by atoms with E-state index in [0.29, 0.717) is 19.4 Å². The quantitative estimate of drug-likeness (QED) is 0.500. The summed E-state index contributed by atoms with van der Waals surface area (Å²) in [5.74, 6) is -1.23. The summed E-state index contributed by atoms with van der Waals surface area (Å²) < 4.78 is 0. The molecule has 0 spiro atoms. The first kappa shape index (κ1) is 20.9. The van der Waals surface area contributed by atoms with Crippen LogP contribution in [0.25, 0.3) is 0 Å². The van der Waals surface area contributed by atoms with Crippen molar-refractivity contribution in [3.63, 3.8) is 0 Å². The largest absolute Gasteiger partial charge is 0.480 e. The number of aliphatic hydroxyl groups is 1. The zero-order valence-corrected chi connectivity index (χ0v) is 15.2. The first-order valence-corrected chi connectivity index (χ1v) is 9.78. The molecule has 1 aliphatic rings. The van der Waals surface area contributed by atoms with Gasteiger partial charge in [0.15, 0.2) is 6.04 Å². The van der Waals surface area contributed by atoms with Gasteiger partial charge < -0.3 is 15.1 Å². The van der Waals surface area contributed by atoms with Gasteiger partial charge in [0.05, 0.1) is 6.10 Å². The number of likely N-dealkylation sites (tertiary alicyclic amines) is 1. The van der Waals surface area contributed by atoms with Crippen molar-refractivity contribution < 1.29 is 19.8 Å². The van der Waals surface area contributed by atoms with Crippen LogP contribution in [-0.4, -0.2) is 45.7 Å². The van der Waals surface area contributed by atoms with Crippen LogP contribution in [0.15, 0.2) is 0 Å². The van der Waals surface area contributed by atoms with E-state index in [1.165, 1.54) is 56.3 Å². The molecule has 0 unspecified atom stereocenters. The SMILES string of the molecule is CCCCCCCCCCCCCC(=O)N1CC[C@@H](O)[C@H]1C(=O)O. The first-order valence-electron chi connectivity index (χ1n) is 9.78. The molecule has 1 heterocycles. The molecule has 0 aliphatic carbocycles. The third-order valence-corrected chi connectivity index (χ3v) is 4.93. The van der Waals surface area contributed by atoms with Gasteiger partial charge >= 0.3 is 5.97 Å². The van der Waals surface area contributed by atoms with Crippen molar-refractivity contribution in [2.75, 3.05) is 6.54 Å². The van der Waals surface area contributed by atoms with E-state index in [4.69, 9.17) is 5.11 Å². The van der Waals surface area contributed by atoms with Crippen LogP contribution in [0.3, 0.4) is 0 Å². The fraction of sp³-hybridized carbons (Fsp3) is 0.895. The van der Waals surface area contributed by atoms with Crippen LogP contribution in [0.1, 0.15) is 90.4 Å². The lowest BCUT2D eigenvalue weighted by Gasteiger charge is -2.22. The molecule has 5 heteroatoms. The molecule has 2 atom stereocenters. The van der Waals surface area contributed by atoms with Gasteiger partial charge in [0.25, 0.3) is 0 Å². The number of hydrogen-bond donors (Lipinski definition) is 2. The number of carboxylic acid groups (broad SMARTS) is 1. The third kappa shape index (κ3) is 7.65. The molecule has 2 N–H and O–H groups in total. The van der Waals surface area contributed by atoms with Crippen LogP contribution in [-0.2, 0) is 9.59 Å². The normalized spacial score (nSPS) is 20.5. The van der Waals surface area contributed by atoms with Gasteiger partial charge in [-0.05, 0) is 12.8 Å². The van der Waals surface area contributed by atoms with Crippen molar-refractivity contribution in [2.45, 2.75) is 103 Å². The first-order chi connectivity index (χ1) is 11.6. The van der Waals surface area contributed by atoms with Gasteiger partial charge in [-0.1, -0.05) is 71.1 Å². The number of carbonyl (C=O) groups excluding carboxylic acids is 1. The predicted molar refractivity (Wildman–Crippen MR) is 94.8 cm³/mol. The molecule has 1 rings (SSSR count). The van der Waals surface area contributed by atoms with E-state index in [9.17, 15) is 14.7 Å². The van der Waals surface area contributed by atoms with Crippen LogP contribution >= 0.6 is 0 Å². The molecule has 140 valence electrons. The summed E-state index contributed by atoms with van der Waals surface area (Å²) in [6, 6.07) is -1.05. The predicted octanol–water partition coefficient (Wildman–Crippen LogP) is 3.73. The van der Waals surface area contributed by atoms with Crippen LogP contribution in [0.4, 0.5) is 0 Å². The summed E-state index contributed by atoms with van der Waals surface area (Å²) in [6.45, 7) is 2.59. The van der Waals surface area contributed by atoms with E-state index in [1.807, 2.05) is 0 Å². The molecule has 0 radical (unpaired) electrons. The lowest BCUT2D eigenvalue weighted by Crippen LogP contribution is -2.44. The highest BCUT2D eigenvalue weighted by atomic mass is 16.4. The molecule has 0 aromatic carbocycles. The Balaban J connectivity index is 2.01. The fourth-order valence-corrected chi connectivity index (χ4v) is 3.44. The Bertz CT molecular complexity index is 372. The zero-order valence-electron chi connectivity index (χ0n) is 15.2. The Morgan fingerprint density at radius 2 is 1.42 bits per heavy atom. The maximum Gasteiger partial charge on any atom is 0.329 e. The van der Waals surface area contributed by atoms with Crippen molar-refractivity contribution >= 4 is 11.9 Å². The van der Waals surface area contributed by atoms with E-state index in [2.05, 4.69) is 6.92 Å². The minimum Gasteiger partial charge on any atom is -0.480 e. The third-order valence-electron chi connectivity index (χ3n) is 4.93. The van der Waals surface area contributed by atoms with Gasteiger partial charge in [-0.3, -0.25) is 4.79 Å². The Morgan fingerprint density at radius 1 is 0.917 bits per heavy atom. The highest BCUT2D eigenvalue weighted by Crippen LogP contribution is 2.20. The molecular weight excluding hydrogens is 306 g/mol. The molecule has 24 heavy (non-hydrogen) atoms. The van der Waals surface area contributed by atoms with E-state index in [1.54, 1.807) is 0 Å². The summed E-state index contributed by atoms with van der Waals surface area (Å²) in [5, 5.41) is 18.8. The van der Waals surface area contributed by atoms with E-state index in [-0.39, 0.29) is 5.91 Å². The monoisotopic (exact) mass is 341 g/mol. The molecule has 0 saturated carbocycles. The highest BCUT2D eigenvalue weighted by molar-refractivity contribution is 5.84. The van der Waals surface area contributed by atoms with Gasteiger partial charge in [0, 0.05) is 13.0 Å². The number of hydrogen-bond acceptors (Lipinski definition) is 3. The fourth-order valence-electron chi connectivity index (χ4n) is 3.44. The molecular formula is C19H35NO4. The summed E-state index contributed by atoms with van der Waals surface area (Å²) in [6.07, 6.45) is 13.3. The molecule has 1 amide bonds. The van der Waals surface area contributed by atoms with Crippen molar-refractivity contribution in [3.8, 4) is 0 Å². The number of carboxylic acids is 1.